The fourth-order valence-electron chi connectivity index (χ4n) is 4.33. The van der Waals surface area contributed by atoms with Crippen LogP contribution in [0, 0.1) is 5.92 Å². The van der Waals surface area contributed by atoms with Crippen molar-refractivity contribution in [2.75, 3.05) is 33.2 Å². The normalized spacial score (nSPS) is 22.9. The lowest BCUT2D eigenvalue weighted by Gasteiger charge is -2.32. The molecule has 2 heterocycles. The highest BCUT2D eigenvalue weighted by Crippen LogP contribution is 2.26. The van der Waals surface area contributed by atoms with E-state index in [4.69, 9.17) is 9.73 Å². The summed E-state index contributed by atoms with van der Waals surface area (Å²) in [6, 6.07) is 4.38. The Bertz CT molecular complexity index is 740. The van der Waals surface area contributed by atoms with Gasteiger partial charge in [0, 0.05) is 45.0 Å². The predicted molar refractivity (Wildman–Crippen MR) is 128 cm³/mol. The molecule has 0 bridgehead atoms. The number of hydrogen-bond donors (Lipinski definition) is 3. The summed E-state index contributed by atoms with van der Waals surface area (Å²) in [6.07, 6.45) is 8.78. The summed E-state index contributed by atoms with van der Waals surface area (Å²) in [5.74, 6) is 2.42. The van der Waals surface area contributed by atoms with Crippen molar-refractivity contribution >= 4 is 11.9 Å². The molecule has 0 radical (unpaired) electrons. The minimum Gasteiger partial charge on any atom is -0.474 e. The summed E-state index contributed by atoms with van der Waals surface area (Å²) < 4.78 is 6.14. The second-order valence-corrected chi connectivity index (χ2v) is 9.07. The lowest BCUT2D eigenvalue weighted by Crippen LogP contribution is -2.50. The summed E-state index contributed by atoms with van der Waals surface area (Å²) in [5, 5.41) is 9.61. The Morgan fingerprint density at radius 3 is 2.66 bits per heavy atom. The van der Waals surface area contributed by atoms with E-state index < -0.39 is 0 Å². The first kappa shape index (κ1) is 24.3. The summed E-state index contributed by atoms with van der Waals surface area (Å²) >= 11 is 0. The smallest absolute Gasteiger partial charge is 0.233 e. The van der Waals surface area contributed by atoms with Gasteiger partial charge in [0.1, 0.15) is 6.10 Å². The summed E-state index contributed by atoms with van der Waals surface area (Å²) in [5.41, 5.74) is 1.09. The molecular weight excluding hydrogens is 404 g/mol. The van der Waals surface area contributed by atoms with Gasteiger partial charge in [-0.2, -0.15) is 0 Å². The van der Waals surface area contributed by atoms with E-state index in [1.54, 1.807) is 7.05 Å². The number of carbonyl (C=O) groups excluding carboxylic acids is 1. The van der Waals surface area contributed by atoms with E-state index in [0.29, 0.717) is 25.0 Å². The zero-order valence-corrected chi connectivity index (χ0v) is 19.9. The Kier molecular flexibility index (Phi) is 9.59. The third-order valence-corrected chi connectivity index (χ3v) is 6.39. The minimum atomic E-state index is 0.0741. The van der Waals surface area contributed by atoms with E-state index in [1.165, 1.54) is 12.8 Å². The van der Waals surface area contributed by atoms with Crippen LogP contribution in [0.2, 0.25) is 0 Å². The second kappa shape index (κ2) is 12.6. The number of amides is 1. The van der Waals surface area contributed by atoms with Gasteiger partial charge in [0.05, 0.1) is 13.1 Å². The summed E-state index contributed by atoms with van der Waals surface area (Å²) in [4.78, 5) is 23.0. The van der Waals surface area contributed by atoms with E-state index in [-0.39, 0.29) is 12.0 Å². The first-order valence-corrected chi connectivity index (χ1v) is 12.1. The molecule has 8 nitrogen and oxygen atoms in total. The molecule has 178 valence electrons. The molecule has 1 aromatic rings. The van der Waals surface area contributed by atoms with Crippen LogP contribution in [0.1, 0.15) is 57.9 Å². The van der Waals surface area contributed by atoms with Crippen LogP contribution in [-0.2, 0) is 11.3 Å². The number of aromatic nitrogens is 1. The number of nitrogens with one attached hydrogen (secondary N) is 3. The van der Waals surface area contributed by atoms with Crippen molar-refractivity contribution in [1.29, 1.82) is 0 Å². The lowest BCUT2D eigenvalue weighted by molar-refractivity contribution is -0.122. The number of carbonyl (C=O) groups is 1. The maximum absolute atomic E-state index is 11.6. The highest BCUT2D eigenvalue weighted by Gasteiger charge is 2.22. The van der Waals surface area contributed by atoms with Crippen LogP contribution in [0.4, 0.5) is 0 Å². The molecule has 1 aliphatic heterocycles. The summed E-state index contributed by atoms with van der Waals surface area (Å²) in [7, 11) is 1.68. The van der Waals surface area contributed by atoms with Crippen molar-refractivity contribution in [2.24, 2.45) is 10.9 Å². The fraction of sp³-hybridized carbons (Fsp3) is 0.708. The van der Waals surface area contributed by atoms with Crippen LogP contribution in [0.3, 0.4) is 0 Å². The van der Waals surface area contributed by atoms with Crippen molar-refractivity contribution in [3.8, 4) is 5.88 Å². The first-order valence-electron chi connectivity index (χ1n) is 12.1. The number of hydrogen-bond acceptors (Lipinski definition) is 5. The molecule has 1 saturated heterocycles. The van der Waals surface area contributed by atoms with Crippen molar-refractivity contribution in [3.63, 3.8) is 0 Å². The zero-order valence-electron chi connectivity index (χ0n) is 19.9. The molecule has 2 aliphatic rings. The van der Waals surface area contributed by atoms with E-state index in [2.05, 4.69) is 39.7 Å². The van der Waals surface area contributed by atoms with Gasteiger partial charge >= 0.3 is 0 Å². The van der Waals surface area contributed by atoms with E-state index in [0.717, 1.165) is 62.8 Å². The number of pyridine rings is 1. The molecule has 1 aliphatic carbocycles. The third kappa shape index (κ3) is 7.97. The maximum Gasteiger partial charge on any atom is 0.233 e. The van der Waals surface area contributed by atoms with Crippen LogP contribution in [-0.4, -0.2) is 67.1 Å². The highest BCUT2D eigenvalue weighted by atomic mass is 16.5. The van der Waals surface area contributed by atoms with E-state index in [1.807, 2.05) is 18.3 Å². The van der Waals surface area contributed by atoms with Crippen LogP contribution in [0.5, 0.6) is 5.88 Å². The highest BCUT2D eigenvalue weighted by molar-refractivity contribution is 5.80. The fourth-order valence-corrected chi connectivity index (χ4v) is 4.33. The van der Waals surface area contributed by atoms with Gasteiger partial charge in [0.25, 0.3) is 0 Å². The second-order valence-electron chi connectivity index (χ2n) is 9.07. The lowest BCUT2D eigenvalue weighted by atomic mass is 9.89. The number of ether oxygens (including phenoxy) is 1. The van der Waals surface area contributed by atoms with Gasteiger partial charge < -0.3 is 20.7 Å². The van der Waals surface area contributed by atoms with Gasteiger partial charge in [0.15, 0.2) is 5.96 Å². The molecular formula is C24H40N6O2. The number of rotatable bonds is 8. The molecule has 8 heteroatoms. The molecule has 1 aromatic heterocycles. The standard InChI is InChI=1S/C24H40N6O2/c1-4-26-24(29-20-10-13-30(14-11-20)17-22(31)25-3)28-16-19-9-12-27-23(15-19)32-21-7-5-18(2)6-8-21/h9,12,15,18,20-21H,4-8,10-11,13-14,16-17H2,1-3H3,(H,25,31)(H2,26,28,29). The number of likely N-dealkylation sites (tertiary alicyclic amines) is 1. The van der Waals surface area contributed by atoms with Gasteiger partial charge in [0.2, 0.25) is 11.8 Å². The number of piperidine rings is 1. The first-order chi connectivity index (χ1) is 15.6. The van der Waals surface area contributed by atoms with Crippen molar-refractivity contribution in [3.05, 3.63) is 23.9 Å². The molecule has 2 fully saturated rings. The topological polar surface area (TPSA) is 90.9 Å². The van der Waals surface area contributed by atoms with Crippen LogP contribution < -0.4 is 20.7 Å². The zero-order chi connectivity index (χ0) is 22.8. The molecule has 32 heavy (non-hydrogen) atoms. The maximum atomic E-state index is 11.6. The summed E-state index contributed by atoms with van der Waals surface area (Å²) in [6.45, 7) is 8.08. The average molecular weight is 445 g/mol. The molecule has 1 saturated carbocycles. The Labute approximate surface area is 192 Å². The third-order valence-electron chi connectivity index (χ3n) is 6.39. The molecule has 1 amide bonds. The number of guanidine groups is 1. The van der Waals surface area contributed by atoms with Crippen LogP contribution >= 0.6 is 0 Å². The van der Waals surface area contributed by atoms with Gasteiger partial charge in [-0.15, -0.1) is 0 Å². The van der Waals surface area contributed by atoms with Gasteiger partial charge in [-0.3, -0.25) is 9.69 Å². The monoisotopic (exact) mass is 444 g/mol. The average Bonchev–Trinajstić information content (AvgIpc) is 2.80. The number of nitrogens with zero attached hydrogens (tertiary/aromatic N) is 3. The minimum absolute atomic E-state index is 0.0741. The Hall–Kier alpha value is -2.35. The quantitative estimate of drug-likeness (QED) is 0.421. The SMILES string of the molecule is CCNC(=NCc1ccnc(OC2CCC(C)CC2)c1)NC1CCN(CC(=O)NC)CC1. The van der Waals surface area contributed by atoms with Gasteiger partial charge in [-0.25, -0.2) is 9.98 Å². The van der Waals surface area contributed by atoms with Crippen LogP contribution in [0.25, 0.3) is 0 Å². The van der Waals surface area contributed by atoms with Crippen molar-refractivity contribution in [2.45, 2.75) is 71.1 Å². The molecule has 0 atom stereocenters. The molecule has 0 spiro atoms. The van der Waals surface area contributed by atoms with E-state index in [9.17, 15) is 4.79 Å². The Morgan fingerprint density at radius 2 is 1.97 bits per heavy atom. The van der Waals surface area contributed by atoms with Crippen molar-refractivity contribution in [1.82, 2.24) is 25.8 Å². The Balaban J connectivity index is 1.50. The molecule has 0 aromatic carbocycles. The van der Waals surface area contributed by atoms with Crippen LogP contribution in [0.15, 0.2) is 23.3 Å². The predicted octanol–water partition coefficient (Wildman–Crippen LogP) is 2.30. The van der Waals surface area contributed by atoms with Crippen molar-refractivity contribution < 1.29 is 9.53 Å². The number of aliphatic imine (C=N–C) groups is 1. The van der Waals surface area contributed by atoms with Gasteiger partial charge in [-0.1, -0.05) is 6.92 Å². The largest absolute Gasteiger partial charge is 0.474 e. The number of likely N-dealkylation sites (N-methyl/N-ethyl adjacent to an activating group) is 1. The van der Waals surface area contributed by atoms with E-state index >= 15 is 0 Å². The molecule has 3 rings (SSSR count). The molecule has 0 unspecified atom stereocenters. The molecule has 3 N–H and O–H groups in total. The Morgan fingerprint density at radius 1 is 1.22 bits per heavy atom. The van der Waals surface area contributed by atoms with Gasteiger partial charge in [-0.05, 0) is 63.0 Å².